The number of aromatic nitrogens is 3. The Labute approximate surface area is 123 Å². The second-order valence-corrected chi connectivity index (χ2v) is 5.71. The van der Waals surface area contributed by atoms with Crippen molar-refractivity contribution in [2.45, 2.75) is 57.8 Å². The van der Waals surface area contributed by atoms with E-state index in [-0.39, 0.29) is 12.4 Å². The maximum atomic E-state index is 10.7. The van der Waals surface area contributed by atoms with E-state index in [4.69, 9.17) is 5.11 Å². The van der Waals surface area contributed by atoms with Gasteiger partial charge in [-0.05, 0) is 12.3 Å². The van der Waals surface area contributed by atoms with Crippen LogP contribution in [-0.2, 0) is 17.9 Å². The first-order valence-corrected chi connectivity index (χ1v) is 7.98. The predicted molar refractivity (Wildman–Crippen MR) is 77.6 cm³/mol. The fourth-order valence-electron chi connectivity index (χ4n) is 2.03. The van der Waals surface area contributed by atoms with Gasteiger partial charge >= 0.3 is 5.97 Å². The highest BCUT2D eigenvalue weighted by atomic mass is 32.2. The van der Waals surface area contributed by atoms with Gasteiger partial charge in [-0.1, -0.05) is 44.9 Å². The Morgan fingerprint density at radius 2 is 2.15 bits per heavy atom. The van der Waals surface area contributed by atoms with Crippen LogP contribution in [-0.4, -0.2) is 36.7 Å². The Morgan fingerprint density at radius 3 is 2.70 bits per heavy atom. The van der Waals surface area contributed by atoms with Crippen LogP contribution in [0, 0.1) is 5.92 Å². The molecule has 0 aliphatic carbocycles. The van der Waals surface area contributed by atoms with Crippen molar-refractivity contribution in [1.29, 1.82) is 0 Å². The van der Waals surface area contributed by atoms with E-state index in [9.17, 15) is 9.90 Å². The van der Waals surface area contributed by atoms with E-state index in [0.717, 1.165) is 37.6 Å². The fraction of sp³-hybridized carbons (Fsp3) is 0.769. The van der Waals surface area contributed by atoms with Crippen molar-refractivity contribution in [3.8, 4) is 0 Å². The van der Waals surface area contributed by atoms with Gasteiger partial charge in [0.05, 0.1) is 5.75 Å². The van der Waals surface area contributed by atoms with Crippen LogP contribution < -0.4 is 0 Å². The number of hydrogen-bond acceptors (Lipinski definition) is 5. The number of aliphatic carboxylic acids is 1. The van der Waals surface area contributed by atoms with Crippen molar-refractivity contribution in [1.82, 2.24) is 14.8 Å². The quantitative estimate of drug-likeness (QED) is 0.644. The summed E-state index contributed by atoms with van der Waals surface area (Å²) in [7, 11) is 0. The van der Waals surface area contributed by atoms with Crippen LogP contribution in [0.3, 0.4) is 0 Å². The molecule has 2 N–H and O–H groups in total. The molecule has 0 aliphatic heterocycles. The molecule has 114 valence electrons. The molecule has 6 nitrogen and oxygen atoms in total. The Morgan fingerprint density at radius 1 is 1.40 bits per heavy atom. The molecule has 1 rings (SSSR count). The number of carbonyl (C=O) groups is 1. The Balaban J connectivity index is 2.78. The van der Waals surface area contributed by atoms with E-state index in [1.165, 1.54) is 6.42 Å². The maximum absolute atomic E-state index is 10.7. The number of nitrogens with zero attached hydrogens (tertiary/aromatic N) is 3. The Bertz CT molecular complexity index is 423. The van der Waals surface area contributed by atoms with Crippen LogP contribution in [0.1, 0.15) is 45.4 Å². The number of carboxylic acids is 1. The molecule has 20 heavy (non-hydrogen) atoms. The van der Waals surface area contributed by atoms with Gasteiger partial charge < -0.3 is 14.8 Å². The lowest BCUT2D eigenvalue weighted by Crippen LogP contribution is -2.14. The maximum Gasteiger partial charge on any atom is 0.313 e. The molecule has 0 fully saturated rings. The van der Waals surface area contributed by atoms with Crippen molar-refractivity contribution in [2.75, 3.05) is 5.75 Å². The van der Waals surface area contributed by atoms with Gasteiger partial charge in [0.2, 0.25) is 0 Å². The topological polar surface area (TPSA) is 88.2 Å². The van der Waals surface area contributed by atoms with Gasteiger partial charge in [0.15, 0.2) is 11.0 Å². The first-order chi connectivity index (χ1) is 9.62. The highest BCUT2D eigenvalue weighted by molar-refractivity contribution is 7.99. The molecule has 0 radical (unpaired) electrons. The molecule has 0 bridgehead atoms. The van der Waals surface area contributed by atoms with E-state index < -0.39 is 5.97 Å². The molecule has 1 aromatic heterocycles. The van der Waals surface area contributed by atoms with Crippen molar-refractivity contribution >= 4 is 17.7 Å². The number of aliphatic hydroxyl groups is 1. The average molecular weight is 301 g/mol. The van der Waals surface area contributed by atoms with E-state index in [1.54, 1.807) is 0 Å². The largest absolute Gasteiger partial charge is 0.481 e. The van der Waals surface area contributed by atoms with E-state index in [1.807, 2.05) is 4.57 Å². The summed E-state index contributed by atoms with van der Waals surface area (Å²) in [6.07, 6.45) is 4.50. The van der Waals surface area contributed by atoms with Gasteiger partial charge in [0.1, 0.15) is 6.61 Å². The number of aliphatic hydroxyl groups excluding tert-OH is 1. The second-order valence-electron chi connectivity index (χ2n) is 4.77. The highest BCUT2D eigenvalue weighted by Gasteiger charge is 2.16. The lowest BCUT2D eigenvalue weighted by Gasteiger charge is -2.17. The van der Waals surface area contributed by atoms with Crippen LogP contribution in [0.15, 0.2) is 5.16 Å². The summed E-state index contributed by atoms with van der Waals surface area (Å²) >= 11 is 1.15. The summed E-state index contributed by atoms with van der Waals surface area (Å²) in [5, 5.41) is 26.6. The highest BCUT2D eigenvalue weighted by Crippen LogP contribution is 2.22. The molecule has 1 atom stereocenters. The van der Waals surface area contributed by atoms with Crippen molar-refractivity contribution in [2.24, 2.45) is 5.92 Å². The zero-order valence-corrected chi connectivity index (χ0v) is 12.9. The molecule has 0 amide bonds. The molecular formula is C13H23N3O3S. The minimum Gasteiger partial charge on any atom is -0.481 e. The molecule has 1 unspecified atom stereocenters. The molecule has 0 spiro atoms. The van der Waals surface area contributed by atoms with Gasteiger partial charge in [-0.3, -0.25) is 4.79 Å². The third-order valence-electron chi connectivity index (χ3n) is 3.24. The van der Waals surface area contributed by atoms with Crippen molar-refractivity contribution < 1.29 is 15.0 Å². The van der Waals surface area contributed by atoms with Crippen molar-refractivity contribution in [3.05, 3.63) is 5.82 Å². The number of thioether (sulfide) groups is 1. The summed E-state index contributed by atoms with van der Waals surface area (Å²) < 4.78 is 1.86. The summed E-state index contributed by atoms with van der Waals surface area (Å²) in [5.41, 5.74) is 0. The van der Waals surface area contributed by atoms with Gasteiger partial charge in [-0.2, -0.15) is 0 Å². The van der Waals surface area contributed by atoms with Crippen LogP contribution >= 0.6 is 11.8 Å². The van der Waals surface area contributed by atoms with Crippen LogP contribution in [0.2, 0.25) is 0 Å². The lowest BCUT2D eigenvalue weighted by molar-refractivity contribution is -0.133. The minimum absolute atomic E-state index is 0.0463. The summed E-state index contributed by atoms with van der Waals surface area (Å²) in [5.74, 6) is 0.0800. The molecule has 1 aromatic rings. The van der Waals surface area contributed by atoms with Gasteiger partial charge in [-0.15, -0.1) is 10.2 Å². The molecule has 0 saturated carbocycles. The molecule has 0 aromatic carbocycles. The van der Waals surface area contributed by atoms with Gasteiger partial charge in [-0.25, -0.2) is 0 Å². The molecule has 7 heteroatoms. The zero-order chi connectivity index (χ0) is 15.0. The van der Waals surface area contributed by atoms with Crippen LogP contribution in [0.25, 0.3) is 0 Å². The Kier molecular flexibility index (Phi) is 7.61. The Hall–Kier alpha value is -1.08. The third kappa shape index (κ3) is 5.13. The fourth-order valence-corrected chi connectivity index (χ4v) is 2.71. The van der Waals surface area contributed by atoms with Crippen molar-refractivity contribution in [3.63, 3.8) is 0 Å². The normalized spacial score (nSPS) is 12.6. The monoisotopic (exact) mass is 301 g/mol. The van der Waals surface area contributed by atoms with E-state index in [2.05, 4.69) is 24.0 Å². The zero-order valence-electron chi connectivity index (χ0n) is 12.1. The lowest BCUT2D eigenvalue weighted by atomic mass is 9.99. The summed E-state index contributed by atoms with van der Waals surface area (Å²) in [4.78, 5) is 10.7. The molecule has 0 saturated heterocycles. The number of unbranched alkanes of at least 4 members (excludes halogenated alkanes) is 1. The summed E-state index contributed by atoms with van der Waals surface area (Å²) in [6, 6.07) is 0. The van der Waals surface area contributed by atoms with E-state index >= 15 is 0 Å². The van der Waals surface area contributed by atoms with E-state index in [0.29, 0.717) is 16.9 Å². The molecular weight excluding hydrogens is 278 g/mol. The smallest absolute Gasteiger partial charge is 0.313 e. The molecule has 0 aliphatic rings. The average Bonchev–Trinajstić information content (AvgIpc) is 2.82. The molecule has 1 heterocycles. The minimum atomic E-state index is -0.881. The SMILES string of the molecule is CCCCC(CC)Cn1c(CO)nnc1SCC(=O)O. The van der Waals surface area contributed by atoms with Crippen LogP contribution in [0.5, 0.6) is 0 Å². The van der Waals surface area contributed by atoms with Gasteiger partial charge in [0.25, 0.3) is 0 Å². The van der Waals surface area contributed by atoms with Crippen LogP contribution in [0.4, 0.5) is 0 Å². The standard InChI is InChI=1S/C13H23N3O3S/c1-3-5-6-10(4-2)7-16-11(8-17)14-15-13(16)20-9-12(18)19/h10,17H,3-9H2,1-2H3,(H,18,19). The summed E-state index contributed by atoms with van der Waals surface area (Å²) in [6.45, 7) is 4.87. The number of carboxylic acid groups (broad SMARTS) is 1. The number of rotatable bonds is 10. The predicted octanol–water partition coefficient (Wildman–Crippen LogP) is 2.16. The first-order valence-electron chi connectivity index (χ1n) is 6.99. The first kappa shape index (κ1) is 17.0. The number of hydrogen-bond donors (Lipinski definition) is 2. The second kappa shape index (κ2) is 8.97. The van der Waals surface area contributed by atoms with Gasteiger partial charge in [0, 0.05) is 6.54 Å². The third-order valence-corrected chi connectivity index (χ3v) is 4.20.